The average molecular weight is 276 g/mol. The van der Waals surface area contributed by atoms with Crippen LogP contribution in [0, 0.1) is 0 Å². The molecule has 0 atom stereocenters. The van der Waals surface area contributed by atoms with Gasteiger partial charge in [0, 0.05) is 34.8 Å². The van der Waals surface area contributed by atoms with Crippen LogP contribution >= 0.6 is 11.6 Å². The maximum Gasteiger partial charge on any atom is 0.269 e. The molecule has 6 heteroatoms. The number of pyridine rings is 1. The van der Waals surface area contributed by atoms with Gasteiger partial charge in [0.2, 0.25) is 0 Å². The van der Waals surface area contributed by atoms with Crippen molar-refractivity contribution in [1.82, 2.24) is 15.8 Å². The summed E-state index contributed by atoms with van der Waals surface area (Å²) in [7, 11) is 0. The fourth-order valence-corrected chi connectivity index (χ4v) is 1.57. The first kappa shape index (κ1) is 13.0. The summed E-state index contributed by atoms with van der Waals surface area (Å²) in [5, 5.41) is 0.452. The molecule has 0 saturated heterocycles. The number of aromatic nitrogens is 1. The highest BCUT2D eigenvalue weighted by atomic mass is 35.5. The molecule has 1 aromatic heterocycles. The fraction of sp³-hybridized carbons (Fsp3) is 0. The Balaban J connectivity index is 1.95. The van der Waals surface area contributed by atoms with Crippen molar-refractivity contribution in [2.75, 3.05) is 0 Å². The van der Waals surface area contributed by atoms with E-state index >= 15 is 0 Å². The third-order valence-corrected chi connectivity index (χ3v) is 2.56. The van der Waals surface area contributed by atoms with E-state index in [0.717, 1.165) is 0 Å². The summed E-state index contributed by atoms with van der Waals surface area (Å²) in [6.07, 6.45) is 8.80. The highest BCUT2D eigenvalue weighted by Gasteiger charge is 2.09. The topological polar surface area (TPSA) is 71.1 Å². The first-order valence-electron chi connectivity index (χ1n) is 5.42. The Morgan fingerprint density at radius 2 is 2.00 bits per heavy atom. The standard InChI is InChI=1S/C13H10ClN3O2/c14-11-1-2-12(18)10(7-11)8-16-17-13(19)9-3-5-15-6-4-9/h1-8,16H,(H,17,19)/b10-8+. The van der Waals surface area contributed by atoms with Crippen LogP contribution in [0.3, 0.4) is 0 Å². The van der Waals surface area contributed by atoms with Gasteiger partial charge in [0.1, 0.15) is 0 Å². The lowest BCUT2D eigenvalue weighted by Crippen LogP contribution is -2.34. The number of hydrogen-bond donors (Lipinski definition) is 2. The normalized spacial score (nSPS) is 16.2. The highest BCUT2D eigenvalue weighted by molar-refractivity contribution is 6.33. The molecule has 2 rings (SSSR count). The summed E-state index contributed by atoms with van der Waals surface area (Å²) < 4.78 is 0. The molecule has 19 heavy (non-hydrogen) atoms. The number of carbonyl (C=O) groups excluding carboxylic acids is 2. The Morgan fingerprint density at radius 3 is 2.74 bits per heavy atom. The molecular weight excluding hydrogens is 266 g/mol. The number of nitrogens with one attached hydrogen (secondary N) is 2. The number of hydrogen-bond acceptors (Lipinski definition) is 4. The van der Waals surface area contributed by atoms with E-state index < -0.39 is 0 Å². The van der Waals surface area contributed by atoms with Gasteiger partial charge in [-0.25, -0.2) is 0 Å². The zero-order chi connectivity index (χ0) is 13.7. The van der Waals surface area contributed by atoms with Gasteiger partial charge in [-0.05, 0) is 30.4 Å². The second kappa shape index (κ2) is 5.97. The van der Waals surface area contributed by atoms with Crippen LogP contribution in [0.4, 0.5) is 0 Å². The SMILES string of the molecule is O=C1C=CC(Cl)=C/C1=C\NNC(=O)c1ccncc1. The Bertz CT molecular complexity index is 591. The number of hydrazine groups is 1. The molecule has 0 unspecified atom stereocenters. The number of rotatable bonds is 3. The van der Waals surface area contributed by atoms with Crippen LogP contribution in [0.15, 0.2) is 59.6 Å². The highest BCUT2D eigenvalue weighted by Crippen LogP contribution is 2.14. The fourth-order valence-electron chi connectivity index (χ4n) is 1.39. The van der Waals surface area contributed by atoms with Crippen LogP contribution in [0.5, 0.6) is 0 Å². The molecule has 1 aliphatic carbocycles. The molecule has 0 aromatic carbocycles. The van der Waals surface area contributed by atoms with E-state index in [9.17, 15) is 9.59 Å². The minimum absolute atomic E-state index is 0.185. The van der Waals surface area contributed by atoms with Crippen molar-refractivity contribution in [3.8, 4) is 0 Å². The second-order valence-electron chi connectivity index (χ2n) is 3.66. The minimum atomic E-state index is -0.326. The molecule has 0 fully saturated rings. The quantitative estimate of drug-likeness (QED) is 0.647. The van der Waals surface area contributed by atoms with E-state index in [1.165, 1.54) is 36.8 Å². The molecule has 0 aliphatic heterocycles. The summed E-state index contributed by atoms with van der Waals surface area (Å²) in [5.41, 5.74) is 5.83. The average Bonchev–Trinajstić information content (AvgIpc) is 2.43. The van der Waals surface area contributed by atoms with Crippen molar-refractivity contribution >= 4 is 23.3 Å². The molecule has 0 spiro atoms. The van der Waals surface area contributed by atoms with Crippen LogP contribution in [-0.4, -0.2) is 16.7 Å². The minimum Gasteiger partial charge on any atom is -0.305 e. The van der Waals surface area contributed by atoms with E-state index in [1.54, 1.807) is 12.1 Å². The first-order valence-corrected chi connectivity index (χ1v) is 5.80. The van der Waals surface area contributed by atoms with Gasteiger partial charge in [0.25, 0.3) is 5.91 Å². The van der Waals surface area contributed by atoms with Crippen molar-refractivity contribution in [2.45, 2.75) is 0 Å². The molecule has 1 amide bonds. The number of nitrogens with zero attached hydrogens (tertiary/aromatic N) is 1. The van der Waals surface area contributed by atoms with E-state index in [0.29, 0.717) is 16.2 Å². The van der Waals surface area contributed by atoms with Crippen LogP contribution < -0.4 is 10.9 Å². The number of allylic oxidation sites excluding steroid dienone is 5. The van der Waals surface area contributed by atoms with Crippen LogP contribution in [0.2, 0.25) is 0 Å². The maximum absolute atomic E-state index is 11.7. The summed E-state index contributed by atoms with van der Waals surface area (Å²) in [4.78, 5) is 26.9. The van der Waals surface area contributed by atoms with E-state index in [2.05, 4.69) is 15.8 Å². The Kier molecular flexibility index (Phi) is 4.10. The first-order chi connectivity index (χ1) is 9.16. The lowest BCUT2D eigenvalue weighted by Gasteiger charge is -2.07. The Morgan fingerprint density at radius 1 is 1.26 bits per heavy atom. The lowest BCUT2D eigenvalue weighted by atomic mass is 10.1. The van der Waals surface area contributed by atoms with Crippen LogP contribution in [0.1, 0.15) is 10.4 Å². The zero-order valence-electron chi connectivity index (χ0n) is 9.76. The molecule has 96 valence electrons. The maximum atomic E-state index is 11.7. The summed E-state index contributed by atoms with van der Waals surface area (Å²) in [6.45, 7) is 0. The van der Waals surface area contributed by atoms with Gasteiger partial charge in [-0.15, -0.1) is 0 Å². The van der Waals surface area contributed by atoms with Gasteiger partial charge >= 0.3 is 0 Å². The molecule has 0 bridgehead atoms. The van der Waals surface area contributed by atoms with Crippen molar-refractivity contribution in [1.29, 1.82) is 0 Å². The van der Waals surface area contributed by atoms with Gasteiger partial charge < -0.3 is 5.43 Å². The van der Waals surface area contributed by atoms with Gasteiger partial charge in [0.05, 0.1) is 0 Å². The molecule has 1 aromatic rings. The summed E-state index contributed by atoms with van der Waals surface area (Å²) in [5.74, 6) is -0.511. The number of halogens is 1. The Labute approximate surface area is 114 Å². The lowest BCUT2D eigenvalue weighted by molar-refractivity contribution is -0.111. The second-order valence-corrected chi connectivity index (χ2v) is 4.10. The van der Waals surface area contributed by atoms with Crippen molar-refractivity contribution < 1.29 is 9.59 Å². The van der Waals surface area contributed by atoms with E-state index in [1.807, 2.05) is 0 Å². The molecule has 1 heterocycles. The largest absolute Gasteiger partial charge is 0.305 e. The number of amides is 1. The molecule has 0 radical (unpaired) electrons. The van der Waals surface area contributed by atoms with E-state index in [4.69, 9.17) is 11.6 Å². The summed E-state index contributed by atoms with van der Waals surface area (Å²) in [6, 6.07) is 3.16. The monoisotopic (exact) mass is 275 g/mol. The smallest absolute Gasteiger partial charge is 0.269 e. The third kappa shape index (κ3) is 3.53. The zero-order valence-corrected chi connectivity index (χ0v) is 10.5. The van der Waals surface area contributed by atoms with Gasteiger partial charge in [-0.1, -0.05) is 11.6 Å². The van der Waals surface area contributed by atoms with Crippen LogP contribution in [0.25, 0.3) is 0 Å². The summed E-state index contributed by atoms with van der Waals surface area (Å²) >= 11 is 5.77. The van der Waals surface area contributed by atoms with Crippen molar-refractivity contribution in [3.63, 3.8) is 0 Å². The molecule has 2 N–H and O–H groups in total. The molecular formula is C13H10ClN3O2. The van der Waals surface area contributed by atoms with Gasteiger partial charge in [-0.2, -0.15) is 0 Å². The van der Waals surface area contributed by atoms with Gasteiger partial charge in [-0.3, -0.25) is 20.0 Å². The molecule has 1 aliphatic rings. The van der Waals surface area contributed by atoms with Gasteiger partial charge in [0.15, 0.2) is 5.78 Å². The predicted molar refractivity (Wildman–Crippen MR) is 71.0 cm³/mol. The number of ketones is 1. The Hall–Kier alpha value is -2.40. The third-order valence-electron chi connectivity index (χ3n) is 2.33. The van der Waals surface area contributed by atoms with Crippen molar-refractivity contribution in [3.05, 3.63) is 65.1 Å². The van der Waals surface area contributed by atoms with Crippen molar-refractivity contribution in [2.24, 2.45) is 0 Å². The number of carbonyl (C=O) groups is 2. The van der Waals surface area contributed by atoms with E-state index in [-0.39, 0.29) is 11.7 Å². The molecule has 5 nitrogen and oxygen atoms in total. The predicted octanol–water partition coefficient (Wildman–Crippen LogP) is 1.46. The molecule has 0 saturated carbocycles. The van der Waals surface area contributed by atoms with Crippen LogP contribution in [-0.2, 0) is 4.79 Å².